The maximum absolute atomic E-state index is 14.1. The molecule has 0 spiro atoms. The van der Waals surface area contributed by atoms with Crippen molar-refractivity contribution in [3.63, 3.8) is 0 Å². The van der Waals surface area contributed by atoms with E-state index in [1.807, 2.05) is 0 Å². The first-order valence-corrected chi connectivity index (χ1v) is 7.63. The van der Waals surface area contributed by atoms with Crippen molar-refractivity contribution < 1.29 is 22.7 Å². The summed E-state index contributed by atoms with van der Waals surface area (Å²) in [6.45, 7) is 1.17. The number of likely N-dealkylation sites (N-methyl/N-ethyl adjacent to an activating group) is 1. The van der Waals surface area contributed by atoms with Crippen LogP contribution in [0.1, 0.15) is 12.5 Å². The van der Waals surface area contributed by atoms with E-state index in [9.17, 15) is 12.8 Å². The fourth-order valence-corrected chi connectivity index (χ4v) is 3.44. The molecule has 114 valence electrons. The molecule has 0 saturated carbocycles. The topological polar surface area (TPSA) is 66.8 Å². The van der Waals surface area contributed by atoms with E-state index in [0.29, 0.717) is 0 Å². The lowest BCUT2D eigenvalue weighted by Crippen LogP contribution is -2.38. The van der Waals surface area contributed by atoms with Crippen LogP contribution in [0, 0.1) is 5.82 Å². The van der Waals surface area contributed by atoms with Crippen LogP contribution >= 0.6 is 11.6 Å². The minimum absolute atomic E-state index is 0.0434. The van der Waals surface area contributed by atoms with Crippen molar-refractivity contribution in [1.82, 2.24) is 4.31 Å². The third-order valence-electron chi connectivity index (χ3n) is 2.94. The second kappa shape index (κ2) is 6.82. The molecular formula is C12H17ClFNO4S. The van der Waals surface area contributed by atoms with Gasteiger partial charge in [-0.2, -0.15) is 4.31 Å². The van der Waals surface area contributed by atoms with E-state index in [0.717, 1.165) is 10.4 Å². The van der Waals surface area contributed by atoms with Crippen LogP contribution in [0.3, 0.4) is 0 Å². The standard InChI is InChI=1S/C12H17ClFNO4S/c1-8(7-19-3)15(2)20(17,18)11-5-10(13)4-9(6-16)12(11)14/h4-5,8,16H,6-7H2,1-3H3. The molecule has 0 aliphatic carbocycles. The van der Waals surface area contributed by atoms with Crippen LogP contribution < -0.4 is 0 Å². The molecule has 0 fully saturated rings. The van der Waals surface area contributed by atoms with Gasteiger partial charge in [0.05, 0.1) is 13.2 Å². The van der Waals surface area contributed by atoms with Crippen LogP contribution in [0.25, 0.3) is 0 Å². The zero-order chi connectivity index (χ0) is 15.5. The molecule has 1 atom stereocenters. The number of benzene rings is 1. The molecular weight excluding hydrogens is 309 g/mol. The minimum atomic E-state index is -4.06. The van der Waals surface area contributed by atoms with E-state index in [1.165, 1.54) is 20.2 Å². The molecule has 1 rings (SSSR count). The first-order valence-electron chi connectivity index (χ1n) is 5.81. The normalized spacial score (nSPS) is 13.8. The van der Waals surface area contributed by atoms with Crippen molar-refractivity contribution in [2.45, 2.75) is 24.5 Å². The first-order chi connectivity index (χ1) is 9.25. The van der Waals surface area contributed by atoms with Gasteiger partial charge in [-0.1, -0.05) is 11.6 Å². The summed E-state index contributed by atoms with van der Waals surface area (Å²) in [7, 11) is -1.29. The number of aliphatic hydroxyl groups excluding tert-OH is 1. The van der Waals surface area contributed by atoms with Gasteiger partial charge in [-0.3, -0.25) is 0 Å². The lowest BCUT2D eigenvalue weighted by atomic mass is 10.2. The summed E-state index contributed by atoms with van der Waals surface area (Å²) in [5, 5.41) is 9.08. The van der Waals surface area contributed by atoms with Crippen LogP contribution in [0.15, 0.2) is 17.0 Å². The van der Waals surface area contributed by atoms with E-state index in [4.69, 9.17) is 21.4 Å². The number of sulfonamides is 1. The van der Waals surface area contributed by atoms with Gasteiger partial charge >= 0.3 is 0 Å². The monoisotopic (exact) mass is 325 g/mol. The summed E-state index contributed by atoms with van der Waals surface area (Å²) >= 11 is 5.77. The molecule has 8 heteroatoms. The highest BCUT2D eigenvalue weighted by molar-refractivity contribution is 7.89. The van der Waals surface area contributed by atoms with E-state index in [1.54, 1.807) is 6.92 Å². The molecule has 0 heterocycles. The molecule has 1 aromatic rings. The SMILES string of the molecule is COCC(C)N(C)S(=O)(=O)c1cc(Cl)cc(CO)c1F. The van der Waals surface area contributed by atoms with Gasteiger partial charge in [0, 0.05) is 30.8 Å². The Morgan fingerprint density at radius 1 is 1.50 bits per heavy atom. The smallest absolute Gasteiger partial charge is 0.246 e. The van der Waals surface area contributed by atoms with Crippen molar-refractivity contribution in [3.8, 4) is 0 Å². The lowest BCUT2D eigenvalue weighted by molar-refractivity contribution is 0.149. The van der Waals surface area contributed by atoms with Crippen molar-refractivity contribution in [2.75, 3.05) is 20.8 Å². The summed E-state index contributed by atoms with van der Waals surface area (Å²) in [4.78, 5) is -0.556. The quantitative estimate of drug-likeness (QED) is 0.863. The van der Waals surface area contributed by atoms with Gasteiger partial charge in [0.2, 0.25) is 10.0 Å². The van der Waals surface area contributed by atoms with E-state index in [-0.39, 0.29) is 17.2 Å². The molecule has 0 radical (unpaired) electrons. The summed E-state index contributed by atoms with van der Waals surface area (Å²) in [6, 6.07) is 1.75. The number of hydrogen-bond donors (Lipinski definition) is 1. The molecule has 0 bridgehead atoms. The Labute approximate surface area is 123 Å². The molecule has 1 unspecified atom stereocenters. The number of nitrogens with zero attached hydrogens (tertiary/aromatic N) is 1. The number of ether oxygens (including phenoxy) is 1. The fourth-order valence-electron chi connectivity index (χ4n) is 1.66. The molecule has 0 aliphatic rings. The molecule has 0 saturated heterocycles. The summed E-state index contributed by atoms with van der Waals surface area (Å²) < 4.78 is 44.8. The molecule has 0 aliphatic heterocycles. The van der Waals surface area contributed by atoms with Gasteiger partial charge < -0.3 is 9.84 Å². The van der Waals surface area contributed by atoms with Crippen LogP contribution in [-0.4, -0.2) is 44.6 Å². The molecule has 1 N–H and O–H groups in total. The minimum Gasteiger partial charge on any atom is -0.392 e. The van der Waals surface area contributed by atoms with Crippen molar-refractivity contribution in [1.29, 1.82) is 0 Å². The average molecular weight is 326 g/mol. The number of methoxy groups -OCH3 is 1. The Kier molecular flexibility index (Phi) is 5.91. The van der Waals surface area contributed by atoms with Gasteiger partial charge in [-0.25, -0.2) is 12.8 Å². The third kappa shape index (κ3) is 3.48. The molecule has 0 amide bonds. The Balaban J connectivity index is 3.32. The van der Waals surface area contributed by atoms with Crippen molar-refractivity contribution in [3.05, 3.63) is 28.5 Å². The maximum atomic E-state index is 14.1. The summed E-state index contributed by atoms with van der Waals surface area (Å²) in [6.07, 6.45) is 0. The third-order valence-corrected chi connectivity index (χ3v) is 5.12. The van der Waals surface area contributed by atoms with Crippen molar-refractivity contribution in [2.24, 2.45) is 0 Å². The number of hydrogen-bond acceptors (Lipinski definition) is 4. The van der Waals surface area contributed by atoms with Gasteiger partial charge in [0.1, 0.15) is 10.7 Å². The van der Waals surface area contributed by atoms with Gasteiger partial charge in [0.25, 0.3) is 0 Å². The fraction of sp³-hybridized carbons (Fsp3) is 0.500. The lowest BCUT2D eigenvalue weighted by Gasteiger charge is -2.24. The molecule has 0 aromatic heterocycles. The van der Waals surface area contributed by atoms with Crippen LogP contribution in [0.4, 0.5) is 4.39 Å². The Bertz CT molecular complexity index is 579. The maximum Gasteiger partial charge on any atom is 0.246 e. The molecule has 20 heavy (non-hydrogen) atoms. The predicted octanol–water partition coefficient (Wildman–Crippen LogP) is 1.63. The summed E-state index contributed by atoms with van der Waals surface area (Å²) in [5.74, 6) is -0.992. The van der Waals surface area contributed by atoms with Crippen LogP contribution in [0.2, 0.25) is 5.02 Å². The molecule has 1 aromatic carbocycles. The van der Waals surface area contributed by atoms with Crippen LogP contribution in [-0.2, 0) is 21.4 Å². The van der Waals surface area contributed by atoms with E-state index < -0.39 is 33.4 Å². The molecule has 5 nitrogen and oxygen atoms in total. The zero-order valence-electron chi connectivity index (χ0n) is 11.4. The largest absolute Gasteiger partial charge is 0.392 e. The van der Waals surface area contributed by atoms with E-state index >= 15 is 0 Å². The highest BCUT2D eigenvalue weighted by atomic mass is 35.5. The van der Waals surface area contributed by atoms with Gasteiger partial charge in [0.15, 0.2) is 0 Å². The average Bonchev–Trinajstić information content (AvgIpc) is 2.40. The summed E-state index contributed by atoms with van der Waals surface area (Å²) in [5.41, 5.74) is -0.163. The van der Waals surface area contributed by atoms with Crippen LogP contribution in [0.5, 0.6) is 0 Å². The van der Waals surface area contributed by atoms with Gasteiger partial charge in [-0.15, -0.1) is 0 Å². The Morgan fingerprint density at radius 2 is 2.10 bits per heavy atom. The zero-order valence-corrected chi connectivity index (χ0v) is 13.0. The number of aliphatic hydroxyl groups is 1. The predicted molar refractivity (Wildman–Crippen MR) is 73.6 cm³/mol. The second-order valence-corrected chi connectivity index (χ2v) is 6.76. The van der Waals surface area contributed by atoms with Gasteiger partial charge in [-0.05, 0) is 19.1 Å². The highest BCUT2D eigenvalue weighted by Crippen LogP contribution is 2.26. The highest BCUT2D eigenvalue weighted by Gasteiger charge is 2.29. The Hall–Kier alpha value is -0.730. The Morgan fingerprint density at radius 3 is 2.60 bits per heavy atom. The number of rotatable bonds is 6. The van der Waals surface area contributed by atoms with Crippen molar-refractivity contribution >= 4 is 21.6 Å². The number of halogens is 2. The second-order valence-electron chi connectivity index (χ2n) is 4.36. The first kappa shape index (κ1) is 17.3. The van der Waals surface area contributed by atoms with E-state index in [2.05, 4.69) is 0 Å².